The number of rotatable bonds is 4. The summed E-state index contributed by atoms with van der Waals surface area (Å²) in [6.45, 7) is 4.53. The van der Waals surface area contributed by atoms with Gasteiger partial charge in [0.05, 0.1) is 5.02 Å². The topological polar surface area (TPSA) is 21.3 Å². The Labute approximate surface area is 94.4 Å². The molecule has 1 N–H and O–H groups in total. The second-order valence-electron chi connectivity index (χ2n) is 3.97. The number of hydrogen-bond acceptors (Lipinski definition) is 2. The number of halogens is 2. The minimum Gasteiger partial charge on any atom is -0.486 e. The zero-order chi connectivity index (χ0) is 11.5. The summed E-state index contributed by atoms with van der Waals surface area (Å²) in [5.41, 5.74) is -0.380. The van der Waals surface area contributed by atoms with Gasteiger partial charge in [-0.1, -0.05) is 11.6 Å². The standard InChI is InChI=1S/C11H15ClFNO/c1-11(2,7-14-3)15-8-4-5-9(12)10(13)6-8/h4-6,14H,7H2,1-3H3. The molecule has 1 aromatic rings. The Morgan fingerprint density at radius 1 is 1.47 bits per heavy atom. The van der Waals surface area contributed by atoms with Gasteiger partial charge in [-0.25, -0.2) is 4.39 Å². The Kier molecular flexibility index (Phi) is 3.94. The van der Waals surface area contributed by atoms with Gasteiger partial charge in [0.2, 0.25) is 0 Å². The van der Waals surface area contributed by atoms with Crippen LogP contribution in [0.15, 0.2) is 18.2 Å². The van der Waals surface area contributed by atoms with Gasteiger partial charge in [-0.3, -0.25) is 0 Å². The molecule has 0 heterocycles. The number of hydrogen-bond donors (Lipinski definition) is 1. The van der Waals surface area contributed by atoms with Gasteiger partial charge in [-0.2, -0.15) is 0 Å². The maximum Gasteiger partial charge on any atom is 0.145 e. The average molecular weight is 232 g/mol. The fourth-order valence-corrected chi connectivity index (χ4v) is 1.44. The lowest BCUT2D eigenvalue weighted by molar-refractivity contribution is 0.110. The molecule has 1 aromatic carbocycles. The van der Waals surface area contributed by atoms with E-state index in [4.69, 9.17) is 16.3 Å². The third-order valence-electron chi connectivity index (χ3n) is 1.89. The Bertz CT molecular complexity index is 341. The first-order valence-corrected chi connectivity index (χ1v) is 5.11. The summed E-state index contributed by atoms with van der Waals surface area (Å²) in [6, 6.07) is 4.43. The van der Waals surface area contributed by atoms with Gasteiger partial charge in [-0.15, -0.1) is 0 Å². The van der Waals surface area contributed by atoms with Crippen LogP contribution >= 0.6 is 11.6 Å². The molecule has 0 amide bonds. The van der Waals surface area contributed by atoms with Crippen LogP contribution in [0.1, 0.15) is 13.8 Å². The summed E-state index contributed by atoms with van der Waals surface area (Å²) in [5.74, 6) is 0.0200. The van der Waals surface area contributed by atoms with Crippen LogP contribution in [0.25, 0.3) is 0 Å². The molecular weight excluding hydrogens is 217 g/mol. The maximum absolute atomic E-state index is 13.1. The summed E-state index contributed by atoms with van der Waals surface area (Å²) in [5, 5.41) is 3.11. The van der Waals surface area contributed by atoms with Crippen molar-refractivity contribution in [3.8, 4) is 5.75 Å². The fraction of sp³-hybridized carbons (Fsp3) is 0.455. The van der Waals surface area contributed by atoms with Gasteiger partial charge in [0.1, 0.15) is 17.2 Å². The molecular formula is C11H15ClFNO. The summed E-state index contributed by atoms with van der Waals surface area (Å²) in [6.07, 6.45) is 0. The molecule has 0 aliphatic heterocycles. The quantitative estimate of drug-likeness (QED) is 0.861. The first-order chi connectivity index (χ1) is 6.94. The van der Waals surface area contributed by atoms with E-state index in [0.29, 0.717) is 12.3 Å². The van der Waals surface area contributed by atoms with Crippen molar-refractivity contribution in [2.75, 3.05) is 13.6 Å². The van der Waals surface area contributed by atoms with Crippen LogP contribution in [0.2, 0.25) is 5.02 Å². The van der Waals surface area contributed by atoms with Crippen molar-refractivity contribution in [2.24, 2.45) is 0 Å². The molecule has 0 atom stereocenters. The van der Waals surface area contributed by atoms with Gasteiger partial charge in [0.25, 0.3) is 0 Å². The Morgan fingerprint density at radius 2 is 2.13 bits per heavy atom. The molecule has 0 unspecified atom stereocenters. The molecule has 0 aromatic heterocycles. The van der Waals surface area contributed by atoms with E-state index < -0.39 is 5.82 Å². The number of benzene rings is 1. The van der Waals surface area contributed by atoms with Crippen LogP contribution in [-0.4, -0.2) is 19.2 Å². The molecule has 0 aliphatic carbocycles. The maximum atomic E-state index is 13.1. The van der Waals surface area contributed by atoms with E-state index in [1.165, 1.54) is 12.1 Å². The third-order valence-corrected chi connectivity index (χ3v) is 2.19. The van der Waals surface area contributed by atoms with Crippen molar-refractivity contribution >= 4 is 11.6 Å². The molecule has 0 fully saturated rings. The minimum absolute atomic E-state index is 0.105. The lowest BCUT2D eigenvalue weighted by Gasteiger charge is -2.26. The highest BCUT2D eigenvalue weighted by Gasteiger charge is 2.18. The first kappa shape index (κ1) is 12.3. The monoisotopic (exact) mass is 231 g/mol. The van der Waals surface area contributed by atoms with E-state index in [2.05, 4.69) is 5.32 Å². The van der Waals surface area contributed by atoms with Crippen molar-refractivity contribution in [2.45, 2.75) is 19.4 Å². The zero-order valence-electron chi connectivity index (χ0n) is 9.10. The summed E-state index contributed by atoms with van der Waals surface area (Å²) in [7, 11) is 1.84. The van der Waals surface area contributed by atoms with E-state index in [0.717, 1.165) is 0 Å². The zero-order valence-corrected chi connectivity index (χ0v) is 9.86. The molecule has 0 spiro atoms. The van der Waals surface area contributed by atoms with E-state index in [1.54, 1.807) is 6.07 Å². The van der Waals surface area contributed by atoms with E-state index in [1.807, 2.05) is 20.9 Å². The first-order valence-electron chi connectivity index (χ1n) is 4.73. The van der Waals surface area contributed by atoms with Crippen molar-refractivity contribution in [3.05, 3.63) is 29.0 Å². The average Bonchev–Trinajstić information content (AvgIpc) is 2.10. The second-order valence-corrected chi connectivity index (χ2v) is 4.38. The van der Waals surface area contributed by atoms with Crippen LogP contribution in [0.4, 0.5) is 4.39 Å². The Balaban J connectivity index is 2.76. The molecule has 2 nitrogen and oxygen atoms in total. The summed E-state index contributed by atoms with van der Waals surface area (Å²) in [4.78, 5) is 0. The van der Waals surface area contributed by atoms with Gasteiger partial charge in [0.15, 0.2) is 0 Å². The largest absolute Gasteiger partial charge is 0.486 e. The van der Waals surface area contributed by atoms with Crippen molar-refractivity contribution in [1.82, 2.24) is 5.32 Å². The van der Waals surface area contributed by atoms with Gasteiger partial charge in [0, 0.05) is 12.6 Å². The van der Waals surface area contributed by atoms with Gasteiger partial charge < -0.3 is 10.1 Å². The van der Waals surface area contributed by atoms with Gasteiger partial charge >= 0.3 is 0 Å². The van der Waals surface area contributed by atoms with Crippen LogP contribution in [0.5, 0.6) is 5.75 Å². The smallest absolute Gasteiger partial charge is 0.145 e. The van der Waals surface area contributed by atoms with Crippen LogP contribution in [0.3, 0.4) is 0 Å². The molecule has 1 rings (SSSR count). The molecule has 15 heavy (non-hydrogen) atoms. The number of likely N-dealkylation sites (N-methyl/N-ethyl adjacent to an activating group) is 1. The number of ether oxygens (including phenoxy) is 1. The lowest BCUT2D eigenvalue weighted by Crippen LogP contribution is -2.38. The highest BCUT2D eigenvalue weighted by molar-refractivity contribution is 6.30. The summed E-state index contributed by atoms with van der Waals surface area (Å²) < 4.78 is 18.7. The van der Waals surface area contributed by atoms with E-state index in [-0.39, 0.29) is 10.6 Å². The SMILES string of the molecule is CNCC(C)(C)Oc1ccc(Cl)c(F)c1. The van der Waals surface area contributed by atoms with Crippen LogP contribution in [0, 0.1) is 5.82 Å². The van der Waals surface area contributed by atoms with Crippen molar-refractivity contribution in [3.63, 3.8) is 0 Å². The minimum atomic E-state index is -0.463. The molecule has 84 valence electrons. The van der Waals surface area contributed by atoms with Gasteiger partial charge in [-0.05, 0) is 33.0 Å². The van der Waals surface area contributed by atoms with Crippen molar-refractivity contribution in [1.29, 1.82) is 0 Å². The second kappa shape index (κ2) is 4.81. The van der Waals surface area contributed by atoms with E-state index >= 15 is 0 Å². The lowest BCUT2D eigenvalue weighted by atomic mass is 10.1. The molecule has 0 bridgehead atoms. The summed E-state index contributed by atoms with van der Waals surface area (Å²) >= 11 is 5.57. The van der Waals surface area contributed by atoms with E-state index in [9.17, 15) is 4.39 Å². The number of nitrogens with one attached hydrogen (secondary N) is 1. The van der Waals surface area contributed by atoms with Crippen molar-refractivity contribution < 1.29 is 9.13 Å². The molecule has 0 aliphatic rings. The predicted molar refractivity (Wildman–Crippen MR) is 60.0 cm³/mol. The fourth-order valence-electron chi connectivity index (χ4n) is 1.32. The molecule has 4 heteroatoms. The Hall–Kier alpha value is -0.800. The molecule has 0 radical (unpaired) electrons. The molecule has 0 saturated carbocycles. The van der Waals surface area contributed by atoms with Crippen LogP contribution < -0.4 is 10.1 Å². The molecule has 0 saturated heterocycles. The third kappa shape index (κ3) is 3.68. The van der Waals surface area contributed by atoms with Crippen LogP contribution in [-0.2, 0) is 0 Å². The highest BCUT2D eigenvalue weighted by atomic mass is 35.5. The normalized spacial score (nSPS) is 11.5. The Morgan fingerprint density at radius 3 is 2.67 bits per heavy atom. The highest BCUT2D eigenvalue weighted by Crippen LogP contribution is 2.23. The predicted octanol–water partition coefficient (Wildman–Crippen LogP) is 2.86.